The number of halogens is 2. The standard InChI is InChI=1S/C13H16F2N2OS/c1-7-5-17(6-8(2)18-7)10-4-3-9(13(16)19)11(14)12(10)15/h3-4,7-8H,5-6H2,1-2H3,(H2,16,19). The fraction of sp³-hybridized carbons (Fsp3) is 0.462. The summed E-state index contributed by atoms with van der Waals surface area (Å²) in [7, 11) is 0. The highest BCUT2D eigenvalue weighted by Gasteiger charge is 2.26. The molecule has 2 atom stereocenters. The predicted molar refractivity (Wildman–Crippen MR) is 74.5 cm³/mol. The highest BCUT2D eigenvalue weighted by molar-refractivity contribution is 7.80. The van der Waals surface area contributed by atoms with E-state index in [2.05, 4.69) is 12.2 Å². The second-order valence-electron chi connectivity index (χ2n) is 4.79. The summed E-state index contributed by atoms with van der Waals surface area (Å²) in [6, 6.07) is 2.93. The number of ether oxygens (including phenoxy) is 1. The number of morpholine rings is 1. The molecule has 0 amide bonds. The van der Waals surface area contributed by atoms with Crippen LogP contribution in [0.4, 0.5) is 14.5 Å². The van der Waals surface area contributed by atoms with Crippen LogP contribution in [0.15, 0.2) is 12.1 Å². The Labute approximate surface area is 116 Å². The zero-order valence-corrected chi connectivity index (χ0v) is 11.6. The van der Waals surface area contributed by atoms with Crippen molar-refractivity contribution in [3.05, 3.63) is 29.3 Å². The van der Waals surface area contributed by atoms with E-state index in [0.717, 1.165) is 0 Å². The van der Waals surface area contributed by atoms with Gasteiger partial charge in [-0.05, 0) is 26.0 Å². The van der Waals surface area contributed by atoms with Crippen molar-refractivity contribution in [1.29, 1.82) is 0 Å². The zero-order valence-electron chi connectivity index (χ0n) is 10.8. The Morgan fingerprint density at radius 2 is 1.84 bits per heavy atom. The van der Waals surface area contributed by atoms with Gasteiger partial charge in [0.2, 0.25) is 0 Å². The fourth-order valence-corrected chi connectivity index (χ4v) is 2.51. The molecule has 0 spiro atoms. The third-order valence-corrected chi connectivity index (χ3v) is 3.31. The van der Waals surface area contributed by atoms with Crippen molar-refractivity contribution in [3.8, 4) is 0 Å². The van der Waals surface area contributed by atoms with Crippen molar-refractivity contribution in [3.63, 3.8) is 0 Å². The first-order chi connectivity index (χ1) is 8.90. The normalized spacial score (nSPS) is 23.5. The third-order valence-electron chi connectivity index (χ3n) is 3.09. The molecule has 1 saturated heterocycles. The molecule has 1 fully saturated rings. The summed E-state index contributed by atoms with van der Waals surface area (Å²) in [5, 5.41) is 0. The highest BCUT2D eigenvalue weighted by atomic mass is 32.1. The molecule has 0 bridgehead atoms. The lowest BCUT2D eigenvalue weighted by molar-refractivity contribution is -0.00542. The molecule has 0 saturated carbocycles. The molecule has 19 heavy (non-hydrogen) atoms. The van der Waals surface area contributed by atoms with E-state index in [1.165, 1.54) is 12.1 Å². The Kier molecular flexibility index (Phi) is 4.01. The molecule has 0 radical (unpaired) electrons. The molecule has 1 aliphatic heterocycles. The first-order valence-corrected chi connectivity index (χ1v) is 6.49. The summed E-state index contributed by atoms with van der Waals surface area (Å²) in [6.07, 6.45) is -0.0528. The van der Waals surface area contributed by atoms with Crippen molar-refractivity contribution < 1.29 is 13.5 Å². The maximum absolute atomic E-state index is 14.1. The third kappa shape index (κ3) is 2.84. The van der Waals surface area contributed by atoms with Gasteiger partial charge in [-0.1, -0.05) is 12.2 Å². The van der Waals surface area contributed by atoms with Crippen LogP contribution in [0.5, 0.6) is 0 Å². The Bertz CT molecular complexity index is 500. The Hall–Kier alpha value is -1.27. The number of nitrogens with two attached hydrogens (primary N) is 1. The van der Waals surface area contributed by atoms with Crippen LogP contribution in [0.1, 0.15) is 19.4 Å². The molecule has 2 N–H and O–H groups in total. The van der Waals surface area contributed by atoms with Crippen LogP contribution >= 0.6 is 12.2 Å². The van der Waals surface area contributed by atoms with Crippen LogP contribution in [0.2, 0.25) is 0 Å². The monoisotopic (exact) mass is 286 g/mol. The van der Waals surface area contributed by atoms with Crippen molar-refractivity contribution in [2.75, 3.05) is 18.0 Å². The Morgan fingerprint density at radius 1 is 1.26 bits per heavy atom. The van der Waals surface area contributed by atoms with E-state index in [4.69, 9.17) is 10.5 Å². The van der Waals surface area contributed by atoms with Crippen molar-refractivity contribution in [2.45, 2.75) is 26.1 Å². The molecule has 1 aromatic rings. The van der Waals surface area contributed by atoms with E-state index < -0.39 is 11.6 Å². The number of thiocarbonyl (C=S) groups is 1. The van der Waals surface area contributed by atoms with Gasteiger partial charge in [0.15, 0.2) is 11.6 Å². The molecule has 2 unspecified atom stereocenters. The van der Waals surface area contributed by atoms with E-state index in [0.29, 0.717) is 13.1 Å². The van der Waals surface area contributed by atoms with Crippen LogP contribution < -0.4 is 10.6 Å². The number of hydrogen-bond acceptors (Lipinski definition) is 3. The number of benzene rings is 1. The van der Waals surface area contributed by atoms with Gasteiger partial charge in [0, 0.05) is 18.7 Å². The van der Waals surface area contributed by atoms with Crippen LogP contribution in [-0.4, -0.2) is 30.3 Å². The minimum absolute atomic E-state index is 0.0264. The SMILES string of the molecule is CC1CN(c2ccc(C(N)=S)c(F)c2F)CC(C)O1. The van der Waals surface area contributed by atoms with E-state index >= 15 is 0 Å². The lowest BCUT2D eigenvalue weighted by atomic mass is 10.1. The van der Waals surface area contributed by atoms with Crippen LogP contribution in [0.3, 0.4) is 0 Å². The van der Waals surface area contributed by atoms with Gasteiger partial charge in [-0.25, -0.2) is 8.78 Å². The molecule has 0 aromatic heterocycles. The van der Waals surface area contributed by atoms with Gasteiger partial charge in [0.25, 0.3) is 0 Å². The summed E-state index contributed by atoms with van der Waals surface area (Å²) < 4.78 is 33.5. The molecule has 6 heteroatoms. The van der Waals surface area contributed by atoms with Gasteiger partial charge in [0.1, 0.15) is 4.99 Å². The van der Waals surface area contributed by atoms with Crippen molar-refractivity contribution in [1.82, 2.24) is 0 Å². The van der Waals surface area contributed by atoms with Gasteiger partial charge in [-0.2, -0.15) is 0 Å². The number of anilines is 1. The average molecular weight is 286 g/mol. The second-order valence-corrected chi connectivity index (χ2v) is 5.23. The number of hydrogen-bond donors (Lipinski definition) is 1. The summed E-state index contributed by atoms with van der Waals surface area (Å²) in [6.45, 7) is 4.85. The lowest BCUT2D eigenvalue weighted by Crippen LogP contribution is -2.46. The van der Waals surface area contributed by atoms with E-state index in [1.807, 2.05) is 13.8 Å². The summed E-state index contributed by atoms with van der Waals surface area (Å²) in [5.41, 5.74) is 5.50. The van der Waals surface area contributed by atoms with Crippen molar-refractivity contribution >= 4 is 22.9 Å². The molecule has 3 nitrogen and oxygen atoms in total. The number of nitrogens with zero attached hydrogens (tertiary/aromatic N) is 1. The molecule has 104 valence electrons. The minimum atomic E-state index is -0.989. The van der Waals surface area contributed by atoms with Gasteiger partial charge in [-0.15, -0.1) is 0 Å². The van der Waals surface area contributed by atoms with Gasteiger partial charge in [-0.3, -0.25) is 0 Å². The Morgan fingerprint density at radius 3 is 2.37 bits per heavy atom. The van der Waals surface area contributed by atoms with Crippen LogP contribution in [0, 0.1) is 11.6 Å². The number of rotatable bonds is 2. The van der Waals surface area contributed by atoms with E-state index in [1.54, 1.807) is 4.90 Å². The molecular weight excluding hydrogens is 270 g/mol. The Balaban J connectivity index is 2.35. The average Bonchev–Trinajstić information content (AvgIpc) is 2.30. The second kappa shape index (κ2) is 5.38. The highest BCUT2D eigenvalue weighted by Crippen LogP contribution is 2.27. The van der Waals surface area contributed by atoms with Crippen LogP contribution in [0.25, 0.3) is 0 Å². The molecule has 1 heterocycles. The van der Waals surface area contributed by atoms with Crippen LogP contribution in [-0.2, 0) is 4.74 Å². The first kappa shape index (κ1) is 14.1. The zero-order chi connectivity index (χ0) is 14.2. The van der Waals surface area contributed by atoms with Crippen molar-refractivity contribution in [2.24, 2.45) is 5.73 Å². The smallest absolute Gasteiger partial charge is 0.182 e. The summed E-state index contributed by atoms with van der Waals surface area (Å²) in [4.78, 5) is 1.63. The van der Waals surface area contributed by atoms with Gasteiger partial charge in [0.05, 0.1) is 17.9 Å². The molecule has 1 aliphatic rings. The summed E-state index contributed by atoms with van der Waals surface area (Å²) in [5.74, 6) is -1.90. The maximum Gasteiger partial charge on any atom is 0.182 e. The molecule has 2 rings (SSSR count). The topological polar surface area (TPSA) is 38.5 Å². The quantitative estimate of drug-likeness (QED) is 0.846. The largest absolute Gasteiger partial charge is 0.389 e. The van der Waals surface area contributed by atoms with E-state index in [-0.39, 0.29) is 28.4 Å². The van der Waals surface area contributed by atoms with Gasteiger partial charge >= 0.3 is 0 Å². The minimum Gasteiger partial charge on any atom is -0.389 e. The van der Waals surface area contributed by atoms with Gasteiger partial charge < -0.3 is 15.4 Å². The van der Waals surface area contributed by atoms with E-state index in [9.17, 15) is 8.78 Å². The predicted octanol–water partition coefficient (Wildman–Crippen LogP) is 2.21. The maximum atomic E-state index is 14.1. The fourth-order valence-electron chi connectivity index (χ4n) is 2.35. The lowest BCUT2D eigenvalue weighted by Gasteiger charge is -2.37. The molecule has 1 aromatic carbocycles. The summed E-state index contributed by atoms with van der Waals surface area (Å²) >= 11 is 4.68. The first-order valence-electron chi connectivity index (χ1n) is 6.08. The molecular formula is C13H16F2N2OS. The molecule has 0 aliphatic carbocycles.